The Labute approximate surface area is 252 Å². The number of carboxylic acids is 1. The van der Waals surface area contributed by atoms with Gasteiger partial charge in [-0.1, -0.05) is 58.4 Å². The van der Waals surface area contributed by atoms with Crippen LogP contribution in [0.2, 0.25) is 10.0 Å². The lowest BCUT2D eigenvalue weighted by atomic mass is 9.75. The monoisotopic (exact) mass is 626 g/mol. The second kappa shape index (κ2) is 11.9. The molecule has 3 aromatic rings. The number of nitrogens with two attached hydrogens (primary N) is 1. The molecule has 5 rings (SSSR count). The molecule has 1 aliphatic heterocycles. The highest BCUT2D eigenvalue weighted by Gasteiger charge is 2.42. The normalized spacial score (nSPS) is 16.9. The third kappa shape index (κ3) is 5.67. The zero-order valence-electron chi connectivity index (χ0n) is 21.1. The molecular formula is C27H20Cl2N6O4S2. The van der Waals surface area contributed by atoms with Crippen molar-refractivity contribution in [3.63, 3.8) is 0 Å². The number of allylic oxidation sites excluding steroid dienone is 3. The van der Waals surface area contributed by atoms with Crippen LogP contribution in [0.4, 0.5) is 10.8 Å². The van der Waals surface area contributed by atoms with Crippen LogP contribution >= 0.6 is 46.3 Å². The predicted octanol–water partition coefficient (Wildman–Crippen LogP) is 5.58. The van der Waals surface area contributed by atoms with E-state index in [1.807, 2.05) is 0 Å². The van der Waals surface area contributed by atoms with Crippen LogP contribution in [0.1, 0.15) is 41.1 Å². The van der Waals surface area contributed by atoms with E-state index >= 15 is 0 Å². The summed E-state index contributed by atoms with van der Waals surface area (Å²) in [4.78, 5) is 38.6. The summed E-state index contributed by atoms with van der Waals surface area (Å²) >= 11 is 15.3. The largest absolute Gasteiger partial charge is 0.478 e. The number of hydrogen-bond donors (Lipinski definition) is 3. The number of amides is 1. The molecule has 1 aromatic heterocycles. The number of aromatic carboxylic acids is 1. The lowest BCUT2D eigenvalue weighted by Crippen LogP contribution is -2.38. The average Bonchev–Trinajstić information content (AvgIpc) is 3.40. The maximum absolute atomic E-state index is 13.3. The molecule has 0 fully saturated rings. The first kappa shape index (κ1) is 28.6. The van der Waals surface area contributed by atoms with Gasteiger partial charge in [0.2, 0.25) is 11.0 Å². The second-order valence-electron chi connectivity index (χ2n) is 9.02. The number of anilines is 2. The quantitative estimate of drug-likeness (QED) is 0.282. The third-order valence-corrected chi connectivity index (χ3v) is 9.21. The molecule has 10 nitrogen and oxygen atoms in total. The van der Waals surface area contributed by atoms with Gasteiger partial charge in [-0.25, -0.2) is 4.79 Å². The molecular weight excluding hydrogens is 607 g/mol. The third-order valence-electron chi connectivity index (χ3n) is 6.51. The molecule has 2 aromatic carbocycles. The molecule has 1 amide bonds. The average molecular weight is 628 g/mol. The maximum Gasteiger partial charge on any atom is 0.335 e. The number of carbonyl (C=O) groups excluding carboxylic acids is 2. The van der Waals surface area contributed by atoms with Crippen molar-refractivity contribution in [2.24, 2.45) is 5.73 Å². The van der Waals surface area contributed by atoms with Crippen LogP contribution < -0.4 is 16.0 Å². The number of nitrogens with zero attached hydrogens (tertiary/aromatic N) is 4. The fourth-order valence-electron chi connectivity index (χ4n) is 4.79. The summed E-state index contributed by atoms with van der Waals surface area (Å²) in [6.45, 7) is 0. The molecule has 1 aliphatic carbocycles. The second-order valence-corrected chi connectivity index (χ2v) is 12.0. The van der Waals surface area contributed by atoms with E-state index in [0.717, 1.165) is 23.1 Å². The van der Waals surface area contributed by atoms with Crippen LogP contribution in [0.25, 0.3) is 0 Å². The summed E-state index contributed by atoms with van der Waals surface area (Å²) in [5, 5.41) is 31.4. The topological polar surface area (TPSA) is 162 Å². The Bertz CT molecular complexity index is 1680. The van der Waals surface area contributed by atoms with E-state index in [2.05, 4.69) is 21.6 Å². The minimum Gasteiger partial charge on any atom is -0.478 e. The van der Waals surface area contributed by atoms with Crippen molar-refractivity contribution in [3.8, 4) is 6.07 Å². The van der Waals surface area contributed by atoms with E-state index in [0.29, 0.717) is 61.3 Å². The molecule has 0 bridgehead atoms. The zero-order chi connectivity index (χ0) is 29.3. The van der Waals surface area contributed by atoms with Gasteiger partial charge in [-0.2, -0.15) is 5.26 Å². The summed E-state index contributed by atoms with van der Waals surface area (Å²) in [5.41, 5.74) is 8.59. The van der Waals surface area contributed by atoms with E-state index in [1.54, 1.807) is 35.2 Å². The van der Waals surface area contributed by atoms with Crippen LogP contribution in [-0.2, 0) is 9.59 Å². The smallest absolute Gasteiger partial charge is 0.335 e. The van der Waals surface area contributed by atoms with Crippen molar-refractivity contribution in [2.75, 3.05) is 16.0 Å². The Morgan fingerprint density at radius 2 is 1.93 bits per heavy atom. The molecule has 4 N–H and O–H groups in total. The minimum absolute atomic E-state index is 0.0137. The lowest BCUT2D eigenvalue weighted by Gasteiger charge is -2.38. The van der Waals surface area contributed by atoms with E-state index in [-0.39, 0.29) is 34.4 Å². The fraction of sp³-hybridized carbons (Fsp3) is 0.185. The number of nitrogens with one attached hydrogen (secondary N) is 1. The van der Waals surface area contributed by atoms with E-state index < -0.39 is 11.9 Å². The Balaban J connectivity index is 1.42. The predicted molar refractivity (Wildman–Crippen MR) is 157 cm³/mol. The summed E-state index contributed by atoms with van der Waals surface area (Å²) in [6, 6.07) is 13.1. The highest BCUT2D eigenvalue weighted by Crippen LogP contribution is 2.49. The number of ketones is 1. The Morgan fingerprint density at radius 1 is 1.20 bits per heavy atom. The summed E-state index contributed by atoms with van der Waals surface area (Å²) in [6.07, 6.45) is 1.42. The van der Waals surface area contributed by atoms with Crippen LogP contribution in [0.3, 0.4) is 0 Å². The zero-order valence-corrected chi connectivity index (χ0v) is 24.2. The van der Waals surface area contributed by atoms with Gasteiger partial charge < -0.3 is 16.2 Å². The van der Waals surface area contributed by atoms with Crippen LogP contribution in [0.15, 0.2) is 69.5 Å². The van der Waals surface area contributed by atoms with Gasteiger partial charge in [0.25, 0.3) is 0 Å². The van der Waals surface area contributed by atoms with Crippen molar-refractivity contribution in [2.45, 2.75) is 29.5 Å². The van der Waals surface area contributed by atoms with Crippen molar-refractivity contribution >= 4 is 74.8 Å². The van der Waals surface area contributed by atoms with Gasteiger partial charge in [-0.3, -0.25) is 14.5 Å². The van der Waals surface area contributed by atoms with Gasteiger partial charge in [-0.05, 0) is 43.2 Å². The van der Waals surface area contributed by atoms with Gasteiger partial charge >= 0.3 is 5.97 Å². The molecule has 1 unspecified atom stereocenters. The highest BCUT2D eigenvalue weighted by atomic mass is 35.5. The van der Waals surface area contributed by atoms with Crippen molar-refractivity contribution in [3.05, 3.63) is 86.3 Å². The summed E-state index contributed by atoms with van der Waals surface area (Å²) < 4.78 is 0.460. The number of rotatable bonds is 7. The number of halogens is 2. The van der Waals surface area contributed by atoms with Crippen molar-refractivity contribution in [1.29, 1.82) is 5.26 Å². The first-order valence-electron chi connectivity index (χ1n) is 12.2. The molecule has 14 heteroatoms. The number of Topliss-reactive ketones (excluding diaryl/α,β-unsaturated/α-hetero) is 1. The number of nitriles is 1. The molecule has 0 saturated carbocycles. The van der Waals surface area contributed by atoms with Gasteiger partial charge in [0.1, 0.15) is 5.82 Å². The van der Waals surface area contributed by atoms with Crippen LogP contribution in [0.5, 0.6) is 0 Å². The SMILES string of the molecule is N#CC1=C(N)N(c2nnc(SCC(=O)Nc3cccc(C(=O)O)c3)s2)C2=C(C(=O)CCC2)C1c1c(Cl)cccc1Cl. The number of carbonyl (C=O) groups is 3. The summed E-state index contributed by atoms with van der Waals surface area (Å²) in [5.74, 6) is -2.31. The molecule has 41 heavy (non-hydrogen) atoms. The number of hydrogen-bond acceptors (Lipinski definition) is 10. The first-order chi connectivity index (χ1) is 19.7. The number of benzene rings is 2. The fourth-order valence-corrected chi connectivity index (χ4v) is 7.08. The minimum atomic E-state index is -1.10. The molecule has 1 atom stereocenters. The number of carboxylic acid groups (broad SMARTS) is 1. The Kier molecular flexibility index (Phi) is 8.32. The van der Waals surface area contributed by atoms with Gasteiger partial charge in [0.05, 0.1) is 28.9 Å². The molecule has 0 spiro atoms. The molecule has 2 aliphatic rings. The molecule has 0 saturated heterocycles. The lowest BCUT2D eigenvalue weighted by molar-refractivity contribution is -0.116. The van der Waals surface area contributed by atoms with E-state index in [4.69, 9.17) is 34.0 Å². The van der Waals surface area contributed by atoms with Gasteiger partial charge in [0.15, 0.2) is 10.1 Å². The van der Waals surface area contributed by atoms with Crippen molar-refractivity contribution < 1.29 is 19.5 Å². The molecule has 208 valence electrons. The Hall–Kier alpha value is -3.89. The van der Waals surface area contributed by atoms with Gasteiger partial charge in [0, 0.05) is 39.0 Å². The maximum atomic E-state index is 13.3. The molecule has 0 radical (unpaired) electrons. The Morgan fingerprint density at radius 3 is 2.63 bits per heavy atom. The van der Waals surface area contributed by atoms with Crippen LogP contribution in [-0.4, -0.2) is 38.7 Å². The number of thioether (sulfide) groups is 1. The van der Waals surface area contributed by atoms with Gasteiger partial charge in [-0.15, -0.1) is 10.2 Å². The first-order valence-corrected chi connectivity index (χ1v) is 14.7. The van der Waals surface area contributed by atoms with Crippen LogP contribution in [0, 0.1) is 11.3 Å². The summed E-state index contributed by atoms with van der Waals surface area (Å²) in [7, 11) is 0. The van der Waals surface area contributed by atoms with Crippen molar-refractivity contribution in [1.82, 2.24) is 10.2 Å². The number of aromatic nitrogens is 2. The van der Waals surface area contributed by atoms with E-state index in [9.17, 15) is 19.6 Å². The highest BCUT2D eigenvalue weighted by molar-refractivity contribution is 8.01. The molecule has 2 heterocycles. The van der Waals surface area contributed by atoms with E-state index in [1.165, 1.54) is 12.1 Å². The standard InChI is InChI=1S/C27H20Cl2N6O4S2/c28-16-6-2-7-17(29)22(16)21-15(11-30)24(31)35(18-8-3-9-19(36)23(18)21)26-33-34-27(41-26)40-12-20(37)32-14-5-1-4-13(10-14)25(38)39/h1-2,4-7,10,21H,3,8-9,12,31H2,(H,32,37)(H,38,39).